The molecule has 6 heavy (non-hydrogen) atoms. The van der Waals surface area contributed by atoms with E-state index in [2.05, 4.69) is 4.42 Å². The standard InChI is InChI=1S/C3H3O3/c4-1-2-6-3-5/h1-3H/q+1. The van der Waals surface area contributed by atoms with Gasteiger partial charge < -0.3 is 0 Å². The van der Waals surface area contributed by atoms with Crippen LogP contribution in [0.25, 0.3) is 0 Å². The van der Waals surface area contributed by atoms with Gasteiger partial charge in [0, 0.05) is 4.79 Å². The Balaban J connectivity index is 3.17. The maximum atomic E-state index is 9.22. The fraction of sp³-hybridized carbons (Fsp3) is 0. The normalized spacial score (nSPS) is 8.67. The first-order chi connectivity index (χ1) is 2.91. The molecular formula is C3H3O3+. The third kappa shape index (κ3) is 3.01. The van der Waals surface area contributed by atoms with Crippen LogP contribution in [0, 0.1) is 0 Å². The minimum absolute atomic E-state index is 0.175. The maximum absolute atomic E-state index is 9.22. The Kier molecular flexibility index (Phi) is 3.35. The third-order valence-electron chi connectivity index (χ3n) is 0.190. The maximum Gasteiger partial charge on any atom is 0.569 e. The lowest BCUT2D eigenvalue weighted by atomic mass is 10.9. The molecule has 0 rings (SSSR count). The molecule has 0 bridgehead atoms. The first kappa shape index (κ1) is 5.01. The quantitative estimate of drug-likeness (QED) is 0.248. The molecule has 0 aliphatic heterocycles. The summed E-state index contributed by atoms with van der Waals surface area (Å²) in [6.45, 7) is 0.175. The number of carbonyl (C=O) groups is 2. The lowest BCUT2D eigenvalue weighted by Gasteiger charge is -1.44. The second kappa shape index (κ2) is 4.01. The zero-order valence-electron chi connectivity index (χ0n) is 2.96. The molecule has 32 valence electrons. The van der Waals surface area contributed by atoms with Gasteiger partial charge in [0.1, 0.15) is 0 Å². The van der Waals surface area contributed by atoms with E-state index in [0.29, 0.717) is 6.29 Å². The van der Waals surface area contributed by atoms with Crippen LogP contribution in [0.5, 0.6) is 0 Å². The number of carbonyl (C=O) groups excluding carboxylic acids is 3. The van der Waals surface area contributed by atoms with Crippen molar-refractivity contribution in [2.75, 3.05) is 0 Å². The Morgan fingerprint density at radius 2 is 2.00 bits per heavy atom. The zero-order chi connectivity index (χ0) is 4.83. The lowest BCUT2D eigenvalue weighted by Crippen LogP contribution is -1.77. The van der Waals surface area contributed by atoms with E-state index in [4.69, 9.17) is 4.79 Å². The van der Waals surface area contributed by atoms with E-state index in [0.717, 1.165) is 6.29 Å². The van der Waals surface area contributed by atoms with E-state index in [1.165, 1.54) is 0 Å². The molecule has 0 unspecified atom stereocenters. The van der Waals surface area contributed by atoms with Gasteiger partial charge in [-0.15, -0.1) is 0 Å². The molecule has 0 fully saturated rings. The topological polar surface area (TPSA) is 45.4 Å². The molecule has 0 spiro atoms. The molecule has 0 amide bonds. The SMILES string of the molecule is O=CC=[O+]C=O. The molecule has 0 aromatic carbocycles. The number of hydrogen-bond donors (Lipinski definition) is 0. The van der Waals surface area contributed by atoms with Crippen LogP contribution in [0.3, 0.4) is 0 Å². The minimum Gasteiger partial charge on any atom is -0.292 e. The van der Waals surface area contributed by atoms with E-state index in [9.17, 15) is 4.79 Å². The molecule has 3 nitrogen and oxygen atoms in total. The van der Waals surface area contributed by atoms with Gasteiger partial charge in [0.15, 0.2) is 0 Å². The van der Waals surface area contributed by atoms with Crippen molar-refractivity contribution in [3.05, 3.63) is 0 Å². The predicted molar refractivity (Wildman–Crippen MR) is 18.2 cm³/mol. The Morgan fingerprint density at radius 1 is 1.33 bits per heavy atom. The van der Waals surface area contributed by atoms with Crippen LogP contribution in [0.2, 0.25) is 0 Å². The molecule has 0 saturated heterocycles. The van der Waals surface area contributed by atoms with E-state index in [1.807, 2.05) is 0 Å². The van der Waals surface area contributed by atoms with Gasteiger partial charge in [-0.05, 0) is 0 Å². The molecule has 0 aromatic rings. The first-order valence-corrected chi connectivity index (χ1v) is 1.28. The van der Waals surface area contributed by atoms with E-state index in [1.54, 1.807) is 0 Å². The molecular weight excluding hydrogens is 84.0 g/mol. The van der Waals surface area contributed by atoms with Crippen molar-refractivity contribution in [1.82, 2.24) is 0 Å². The van der Waals surface area contributed by atoms with Crippen molar-refractivity contribution in [2.45, 2.75) is 0 Å². The second-order valence-corrected chi connectivity index (χ2v) is 0.504. The fourth-order valence-corrected chi connectivity index (χ4v) is 0.0642. The molecule has 0 radical (unpaired) electrons. The van der Waals surface area contributed by atoms with Crippen LogP contribution < -0.4 is 0 Å². The minimum atomic E-state index is 0.175. The smallest absolute Gasteiger partial charge is 0.292 e. The predicted octanol–water partition coefficient (Wildman–Crippen LogP) is -0.924. The van der Waals surface area contributed by atoms with E-state index >= 15 is 0 Å². The zero-order valence-corrected chi connectivity index (χ0v) is 2.96. The molecule has 0 N–H and O–H groups in total. The van der Waals surface area contributed by atoms with Gasteiger partial charge in [-0.2, -0.15) is 0 Å². The third-order valence-corrected chi connectivity index (χ3v) is 0.190. The van der Waals surface area contributed by atoms with Gasteiger partial charge in [0.2, 0.25) is 6.29 Å². The van der Waals surface area contributed by atoms with Crippen molar-refractivity contribution in [3.63, 3.8) is 0 Å². The molecule has 0 saturated carbocycles. The highest BCUT2D eigenvalue weighted by Crippen LogP contribution is 1.31. The van der Waals surface area contributed by atoms with Crippen molar-refractivity contribution < 1.29 is 14.0 Å². The van der Waals surface area contributed by atoms with Crippen molar-refractivity contribution in [1.29, 1.82) is 0 Å². The molecule has 0 aliphatic carbocycles. The van der Waals surface area contributed by atoms with Crippen LogP contribution in [0.15, 0.2) is 0 Å². The number of aldehydes is 2. The van der Waals surface area contributed by atoms with Crippen molar-refractivity contribution >= 4 is 19.0 Å². The molecule has 0 atom stereocenters. The molecule has 0 heterocycles. The summed E-state index contributed by atoms with van der Waals surface area (Å²) >= 11 is 0. The van der Waals surface area contributed by atoms with Gasteiger partial charge in [0.05, 0.1) is 0 Å². The lowest BCUT2D eigenvalue weighted by molar-refractivity contribution is -0.351. The Labute approximate surface area is 34.3 Å². The summed E-state index contributed by atoms with van der Waals surface area (Å²) in [5.41, 5.74) is 0. The fourth-order valence-electron chi connectivity index (χ4n) is 0.0642. The van der Waals surface area contributed by atoms with Gasteiger partial charge >= 0.3 is 6.47 Å². The van der Waals surface area contributed by atoms with E-state index in [-0.39, 0.29) is 6.47 Å². The van der Waals surface area contributed by atoms with Crippen molar-refractivity contribution in [2.24, 2.45) is 0 Å². The summed E-state index contributed by atoms with van der Waals surface area (Å²) in [6, 6.07) is 0. The van der Waals surface area contributed by atoms with E-state index < -0.39 is 0 Å². The van der Waals surface area contributed by atoms with Gasteiger partial charge in [0.25, 0.3) is 6.29 Å². The Morgan fingerprint density at radius 3 is 2.17 bits per heavy atom. The highest BCUT2D eigenvalue weighted by atomic mass is 16.4. The van der Waals surface area contributed by atoms with Gasteiger partial charge in [-0.1, -0.05) is 0 Å². The van der Waals surface area contributed by atoms with Gasteiger partial charge in [-0.3, -0.25) is 9.22 Å². The summed E-state index contributed by atoms with van der Waals surface area (Å²) in [7, 11) is 0. The number of hydrogen-bond acceptors (Lipinski definition) is 2. The summed E-state index contributed by atoms with van der Waals surface area (Å²) in [5.74, 6) is 0. The second-order valence-electron chi connectivity index (χ2n) is 0.504. The summed E-state index contributed by atoms with van der Waals surface area (Å²) in [5, 5.41) is 0. The first-order valence-electron chi connectivity index (χ1n) is 1.28. The molecule has 3 heteroatoms. The van der Waals surface area contributed by atoms with Crippen LogP contribution in [0.1, 0.15) is 0 Å². The molecule has 0 aliphatic rings. The average molecular weight is 87.1 g/mol. The Bertz CT molecular complexity index is 64.1. The summed E-state index contributed by atoms with van der Waals surface area (Å²) < 4.78 is 3.81. The van der Waals surface area contributed by atoms with Crippen LogP contribution >= 0.6 is 0 Å². The van der Waals surface area contributed by atoms with Gasteiger partial charge in [-0.25, -0.2) is 0 Å². The monoisotopic (exact) mass is 87.0 g/mol. The van der Waals surface area contributed by atoms with Crippen LogP contribution in [-0.4, -0.2) is 19.0 Å². The Hall–Kier alpha value is -0.990. The largest absolute Gasteiger partial charge is 0.569 e. The summed E-state index contributed by atoms with van der Waals surface area (Å²) in [4.78, 5) is 18.4. The average Bonchev–Trinajstić information content (AvgIpc) is 1.61. The highest BCUT2D eigenvalue weighted by Gasteiger charge is 1.70. The summed E-state index contributed by atoms with van der Waals surface area (Å²) in [6.07, 6.45) is 1.14. The van der Waals surface area contributed by atoms with Crippen LogP contribution in [0.4, 0.5) is 0 Å². The number of rotatable bonds is 2. The van der Waals surface area contributed by atoms with Crippen molar-refractivity contribution in [3.8, 4) is 0 Å². The highest BCUT2D eigenvalue weighted by molar-refractivity contribution is 6.10. The van der Waals surface area contributed by atoms with Crippen LogP contribution in [-0.2, 0) is 14.0 Å². The molecule has 0 aromatic heterocycles.